The van der Waals surface area contributed by atoms with E-state index in [0.29, 0.717) is 31.2 Å². The number of rotatable bonds is 3. The molecule has 0 aliphatic carbocycles. The summed E-state index contributed by atoms with van der Waals surface area (Å²) in [6.07, 6.45) is 3.95. The number of carbonyl (C=O) groups is 1. The molecule has 1 amide bonds. The Hall–Kier alpha value is -2.77. The third-order valence-electron chi connectivity index (χ3n) is 6.23. The number of amides is 1. The van der Waals surface area contributed by atoms with Crippen LogP contribution in [0.3, 0.4) is 0 Å². The number of morpholine rings is 1. The van der Waals surface area contributed by atoms with E-state index < -0.39 is 5.82 Å². The first kappa shape index (κ1) is 19.2. The smallest absolute Gasteiger partial charge is 0.254 e. The fraction of sp³-hybridized carbons (Fsp3) is 0.391. The summed E-state index contributed by atoms with van der Waals surface area (Å²) in [5.41, 5.74) is 4.14. The van der Waals surface area contributed by atoms with Crippen LogP contribution in [0.1, 0.15) is 34.6 Å². The van der Waals surface area contributed by atoms with Gasteiger partial charge in [0.25, 0.3) is 5.91 Å². The molecule has 2 saturated heterocycles. The minimum Gasteiger partial charge on any atom is -0.377 e. The zero-order chi connectivity index (χ0) is 20.8. The van der Waals surface area contributed by atoms with Crippen LogP contribution in [0.5, 0.6) is 0 Å². The van der Waals surface area contributed by atoms with Crippen LogP contribution in [0.15, 0.2) is 36.7 Å². The minimum atomic E-state index is -0.414. The number of hydrogen-bond donors (Lipinski definition) is 1. The number of aryl methyl sites for hydroxylation is 1. The molecule has 3 aromatic rings. The van der Waals surface area contributed by atoms with E-state index in [0.717, 1.165) is 35.6 Å². The minimum absolute atomic E-state index is 0.0491. The highest BCUT2D eigenvalue weighted by Crippen LogP contribution is 2.34. The molecule has 30 heavy (non-hydrogen) atoms. The highest BCUT2D eigenvalue weighted by Gasteiger charge is 2.28. The fourth-order valence-electron chi connectivity index (χ4n) is 4.32. The van der Waals surface area contributed by atoms with Crippen molar-refractivity contribution in [1.82, 2.24) is 19.6 Å². The summed E-state index contributed by atoms with van der Waals surface area (Å²) in [6, 6.07) is 6.58. The van der Waals surface area contributed by atoms with Crippen molar-refractivity contribution in [2.45, 2.75) is 25.8 Å². The highest BCUT2D eigenvalue weighted by molar-refractivity contribution is 6.03. The number of pyridine rings is 1. The second-order valence-electron chi connectivity index (χ2n) is 8.22. The molecule has 1 atom stereocenters. The van der Waals surface area contributed by atoms with E-state index in [1.807, 2.05) is 20.0 Å². The Labute approximate surface area is 174 Å². The van der Waals surface area contributed by atoms with Gasteiger partial charge in [0.05, 0.1) is 36.5 Å². The SMILES string of the molecule is Cc1ncc2c(-c3ccc(F)cc3C(=O)N3CCOC[C@H]3C)cc(C3CNC3)cn12. The Kier molecular flexibility index (Phi) is 4.79. The normalized spacial score (nSPS) is 19.8. The predicted octanol–water partition coefficient (Wildman–Crippen LogP) is 3.00. The Balaban J connectivity index is 1.67. The Morgan fingerprint density at radius 2 is 2.10 bits per heavy atom. The number of ether oxygens (including phenoxy) is 1. The summed E-state index contributed by atoms with van der Waals surface area (Å²) in [6.45, 7) is 7.28. The van der Waals surface area contributed by atoms with Gasteiger partial charge >= 0.3 is 0 Å². The first-order valence-electron chi connectivity index (χ1n) is 10.4. The quantitative estimate of drug-likeness (QED) is 0.724. The Morgan fingerprint density at radius 1 is 1.27 bits per heavy atom. The summed E-state index contributed by atoms with van der Waals surface area (Å²) in [7, 11) is 0. The molecule has 2 aliphatic rings. The molecule has 0 saturated carbocycles. The van der Waals surface area contributed by atoms with Crippen molar-refractivity contribution in [2.75, 3.05) is 32.8 Å². The van der Waals surface area contributed by atoms with E-state index in [9.17, 15) is 9.18 Å². The van der Waals surface area contributed by atoms with E-state index in [1.54, 1.807) is 11.0 Å². The molecule has 156 valence electrons. The molecule has 0 spiro atoms. The van der Waals surface area contributed by atoms with Crippen LogP contribution in [0, 0.1) is 12.7 Å². The second-order valence-corrected chi connectivity index (χ2v) is 8.22. The van der Waals surface area contributed by atoms with Gasteiger partial charge in [0.1, 0.15) is 11.6 Å². The lowest BCUT2D eigenvalue weighted by Gasteiger charge is -2.34. The molecule has 1 N–H and O–H groups in total. The monoisotopic (exact) mass is 408 g/mol. The van der Waals surface area contributed by atoms with Gasteiger partial charge in [-0.05, 0) is 43.2 Å². The fourth-order valence-corrected chi connectivity index (χ4v) is 4.32. The van der Waals surface area contributed by atoms with Crippen molar-refractivity contribution in [3.8, 4) is 11.1 Å². The number of hydrogen-bond acceptors (Lipinski definition) is 4. The summed E-state index contributed by atoms with van der Waals surface area (Å²) in [4.78, 5) is 19.7. The number of nitrogens with zero attached hydrogens (tertiary/aromatic N) is 3. The van der Waals surface area contributed by atoms with Crippen LogP contribution in [0.2, 0.25) is 0 Å². The van der Waals surface area contributed by atoms with E-state index >= 15 is 0 Å². The molecule has 7 heteroatoms. The first-order chi connectivity index (χ1) is 14.5. The van der Waals surface area contributed by atoms with E-state index in [1.165, 1.54) is 17.7 Å². The maximum absolute atomic E-state index is 14.3. The molecule has 2 fully saturated rings. The molecule has 0 radical (unpaired) electrons. The average molecular weight is 408 g/mol. The van der Waals surface area contributed by atoms with Gasteiger partial charge in [0, 0.05) is 37.3 Å². The number of halogens is 1. The Bertz CT molecular complexity index is 1120. The van der Waals surface area contributed by atoms with E-state index in [2.05, 4.69) is 27.0 Å². The number of benzene rings is 1. The molecule has 6 nitrogen and oxygen atoms in total. The maximum Gasteiger partial charge on any atom is 0.254 e. The molecule has 0 bridgehead atoms. The highest BCUT2D eigenvalue weighted by atomic mass is 19.1. The van der Waals surface area contributed by atoms with Crippen LogP contribution in [0.25, 0.3) is 16.6 Å². The van der Waals surface area contributed by atoms with E-state index in [4.69, 9.17) is 4.74 Å². The van der Waals surface area contributed by atoms with Crippen molar-refractivity contribution in [3.05, 3.63) is 59.4 Å². The van der Waals surface area contributed by atoms with Gasteiger partial charge in [0.2, 0.25) is 0 Å². The summed E-state index contributed by atoms with van der Waals surface area (Å²) < 4.78 is 21.8. The van der Waals surface area contributed by atoms with Crippen LogP contribution in [-0.4, -0.2) is 59.1 Å². The van der Waals surface area contributed by atoms with Gasteiger partial charge in [-0.25, -0.2) is 9.37 Å². The van der Waals surface area contributed by atoms with Crippen LogP contribution < -0.4 is 5.32 Å². The molecule has 5 rings (SSSR count). The second kappa shape index (κ2) is 7.49. The van der Waals surface area contributed by atoms with Gasteiger partial charge in [-0.1, -0.05) is 6.07 Å². The average Bonchev–Trinajstić information content (AvgIpc) is 3.07. The molecule has 0 unspecified atom stereocenters. The van der Waals surface area contributed by atoms with Gasteiger partial charge in [-0.3, -0.25) is 4.79 Å². The lowest BCUT2D eigenvalue weighted by molar-refractivity contribution is 0.00361. The summed E-state index contributed by atoms with van der Waals surface area (Å²) >= 11 is 0. The number of imidazole rings is 1. The standard InChI is InChI=1S/C23H25FN4O2/c1-14-13-30-6-5-27(14)23(29)21-8-18(24)3-4-19(21)20-7-16(17-9-25-10-17)12-28-15(2)26-11-22(20)28/h3-4,7-8,11-12,14,17,25H,5-6,9-10,13H2,1-2H3/t14-/m1/s1. The van der Waals surface area contributed by atoms with Gasteiger partial charge in [0.15, 0.2) is 0 Å². The van der Waals surface area contributed by atoms with Crippen molar-refractivity contribution >= 4 is 11.4 Å². The lowest BCUT2D eigenvalue weighted by Crippen LogP contribution is -2.47. The summed E-state index contributed by atoms with van der Waals surface area (Å²) in [5, 5.41) is 3.31. The van der Waals surface area contributed by atoms with Crippen LogP contribution in [-0.2, 0) is 4.74 Å². The van der Waals surface area contributed by atoms with Crippen molar-refractivity contribution in [1.29, 1.82) is 0 Å². The van der Waals surface area contributed by atoms with Gasteiger partial charge in [-0.15, -0.1) is 0 Å². The van der Waals surface area contributed by atoms with Gasteiger partial charge < -0.3 is 19.4 Å². The van der Waals surface area contributed by atoms with Crippen molar-refractivity contribution in [3.63, 3.8) is 0 Å². The third kappa shape index (κ3) is 3.18. The predicted molar refractivity (Wildman–Crippen MR) is 112 cm³/mol. The molecule has 2 aromatic heterocycles. The number of carbonyl (C=O) groups excluding carboxylic acids is 1. The molecule has 2 aliphatic heterocycles. The van der Waals surface area contributed by atoms with Crippen LogP contribution in [0.4, 0.5) is 4.39 Å². The van der Waals surface area contributed by atoms with Crippen molar-refractivity contribution < 1.29 is 13.9 Å². The number of aromatic nitrogens is 2. The molecular formula is C23H25FN4O2. The largest absolute Gasteiger partial charge is 0.377 e. The summed E-state index contributed by atoms with van der Waals surface area (Å²) in [5.74, 6) is 0.736. The zero-order valence-electron chi connectivity index (χ0n) is 17.2. The van der Waals surface area contributed by atoms with Crippen molar-refractivity contribution in [2.24, 2.45) is 0 Å². The molecule has 1 aromatic carbocycles. The zero-order valence-corrected chi connectivity index (χ0v) is 17.2. The van der Waals surface area contributed by atoms with Gasteiger partial charge in [-0.2, -0.15) is 0 Å². The maximum atomic E-state index is 14.3. The molecule has 4 heterocycles. The van der Waals surface area contributed by atoms with Crippen LogP contribution >= 0.6 is 0 Å². The number of nitrogens with one attached hydrogen (secondary N) is 1. The molecular weight excluding hydrogens is 383 g/mol. The third-order valence-corrected chi connectivity index (χ3v) is 6.23. The van der Waals surface area contributed by atoms with E-state index in [-0.39, 0.29) is 11.9 Å². The number of fused-ring (bicyclic) bond motifs is 1. The lowest BCUT2D eigenvalue weighted by atomic mass is 9.91. The topological polar surface area (TPSA) is 58.9 Å². The Morgan fingerprint density at radius 3 is 2.83 bits per heavy atom. The first-order valence-corrected chi connectivity index (χ1v) is 10.4.